The van der Waals surface area contributed by atoms with E-state index in [1.54, 1.807) is 5.57 Å². The molecule has 108 valence electrons. The lowest BCUT2D eigenvalue weighted by atomic mass is 9.48. The molecular weight excluding hydrogens is 242 g/mol. The summed E-state index contributed by atoms with van der Waals surface area (Å²) in [6.45, 7) is 8.27. The van der Waals surface area contributed by atoms with Gasteiger partial charge in [0.05, 0.1) is 0 Å². The second-order valence-electron chi connectivity index (χ2n) is 7.16. The van der Waals surface area contributed by atoms with Crippen LogP contribution in [-0.2, 0) is 0 Å². The highest BCUT2D eigenvalue weighted by Gasteiger charge is 2.50. The van der Waals surface area contributed by atoms with Crippen molar-refractivity contribution in [3.8, 4) is 0 Å². The Bertz CT molecular complexity index is 486. The van der Waals surface area contributed by atoms with Crippen LogP contribution in [0.25, 0.3) is 0 Å². The topological polar surface area (TPSA) is 12.0 Å². The van der Waals surface area contributed by atoms with Gasteiger partial charge in [-0.3, -0.25) is 0 Å². The van der Waals surface area contributed by atoms with E-state index >= 15 is 0 Å². The first kappa shape index (κ1) is 13.9. The first-order valence-corrected chi connectivity index (χ1v) is 8.06. The van der Waals surface area contributed by atoms with E-state index in [0.717, 1.165) is 18.4 Å². The molecule has 1 heteroatoms. The summed E-state index contributed by atoms with van der Waals surface area (Å²) >= 11 is 0. The molecule has 0 aliphatic heterocycles. The minimum atomic E-state index is 0.447. The Morgan fingerprint density at radius 1 is 1.25 bits per heavy atom. The molecule has 0 saturated heterocycles. The van der Waals surface area contributed by atoms with Crippen molar-refractivity contribution < 1.29 is 0 Å². The van der Waals surface area contributed by atoms with Gasteiger partial charge in [-0.05, 0) is 55.5 Å². The minimum Gasteiger partial charge on any atom is -0.310 e. The predicted octanol–water partition coefficient (Wildman–Crippen LogP) is 4.72. The molecule has 3 aliphatic rings. The van der Waals surface area contributed by atoms with E-state index in [2.05, 4.69) is 62.5 Å². The maximum atomic E-state index is 3.67. The number of allylic oxidation sites excluding steroid dienone is 1. The fourth-order valence-electron chi connectivity index (χ4n) is 4.05. The molecule has 2 bridgehead atoms. The quantitative estimate of drug-likeness (QED) is 0.763. The van der Waals surface area contributed by atoms with E-state index in [0.29, 0.717) is 11.5 Å². The van der Waals surface area contributed by atoms with Crippen molar-refractivity contribution in [2.24, 2.45) is 17.3 Å². The number of rotatable bonds is 5. The second-order valence-corrected chi connectivity index (χ2v) is 7.16. The van der Waals surface area contributed by atoms with Crippen molar-refractivity contribution in [3.63, 3.8) is 0 Å². The Morgan fingerprint density at radius 3 is 2.65 bits per heavy atom. The summed E-state index contributed by atoms with van der Waals surface area (Å²) in [7, 11) is 0. The number of hydrogen-bond donors (Lipinski definition) is 1. The minimum absolute atomic E-state index is 0.447. The highest BCUT2D eigenvalue weighted by Crippen LogP contribution is 2.59. The number of benzene rings is 1. The van der Waals surface area contributed by atoms with E-state index in [1.165, 1.54) is 24.8 Å². The lowest BCUT2D eigenvalue weighted by Crippen LogP contribution is -2.48. The Hall–Kier alpha value is -1.08. The van der Waals surface area contributed by atoms with Gasteiger partial charge in [-0.2, -0.15) is 0 Å². The van der Waals surface area contributed by atoms with Gasteiger partial charge in [-0.15, -0.1) is 0 Å². The zero-order valence-electron chi connectivity index (χ0n) is 13.0. The van der Waals surface area contributed by atoms with Crippen LogP contribution in [0.2, 0.25) is 0 Å². The Balaban J connectivity index is 1.50. The third-order valence-electron chi connectivity index (χ3n) is 5.75. The van der Waals surface area contributed by atoms with Crippen LogP contribution in [0.4, 0.5) is 0 Å². The molecule has 3 atom stereocenters. The fraction of sp³-hybridized carbons (Fsp3) is 0.579. The van der Waals surface area contributed by atoms with Gasteiger partial charge < -0.3 is 5.32 Å². The monoisotopic (exact) mass is 269 g/mol. The normalized spacial score (nSPS) is 28.4. The molecule has 20 heavy (non-hydrogen) atoms. The first-order chi connectivity index (χ1) is 9.59. The van der Waals surface area contributed by atoms with Crippen LogP contribution >= 0.6 is 0 Å². The van der Waals surface area contributed by atoms with E-state index in [4.69, 9.17) is 0 Å². The molecule has 4 rings (SSSR count). The van der Waals surface area contributed by atoms with Gasteiger partial charge in [0, 0.05) is 6.04 Å². The summed E-state index contributed by atoms with van der Waals surface area (Å²) in [4.78, 5) is 0. The summed E-state index contributed by atoms with van der Waals surface area (Å²) in [5.41, 5.74) is 3.66. The standard InChI is InChI=1S/C19H27N/c1-14(15-7-5-4-6-8-15)20-12-11-16-9-10-17-13-18(16)19(17,2)3/h4-9,14,17-18,20H,10-13H2,1-3H3/t14-,17+,18+/m1/s1. The van der Waals surface area contributed by atoms with Crippen LogP contribution in [0.15, 0.2) is 42.0 Å². The van der Waals surface area contributed by atoms with Gasteiger partial charge in [0.25, 0.3) is 0 Å². The van der Waals surface area contributed by atoms with Crippen LogP contribution in [0.5, 0.6) is 0 Å². The van der Waals surface area contributed by atoms with Gasteiger partial charge in [0.1, 0.15) is 0 Å². The fourth-order valence-corrected chi connectivity index (χ4v) is 4.05. The summed E-state index contributed by atoms with van der Waals surface area (Å²) < 4.78 is 0. The van der Waals surface area contributed by atoms with Crippen molar-refractivity contribution in [2.45, 2.75) is 46.1 Å². The molecule has 1 N–H and O–H groups in total. The summed E-state index contributed by atoms with van der Waals surface area (Å²) in [6.07, 6.45) is 6.50. The lowest BCUT2D eigenvalue weighted by molar-refractivity contribution is -0.00818. The predicted molar refractivity (Wildman–Crippen MR) is 85.6 cm³/mol. The highest BCUT2D eigenvalue weighted by molar-refractivity contribution is 5.23. The Labute approximate surface area is 123 Å². The van der Waals surface area contributed by atoms with Crippen molar-refractivity contribution >= 4 is 0 Å². The second kappa shape index (κ2) is 5.37. The van der Waals surface area contributed by atoms with Crippen molar-refractivity contribution in [3.05, 3.63) is 47.5 Å². The number of hydrogen-bond acceptors (Lipinski definition) is 1. The third-order valence-corrected chi connectivity index (χ3v) is 5.75. The van der Waals surface area contributed by atoms with E-state index in [-0.39, 0.29) is 0 Å². The van der Waals surface area contributed by atoms with Gasteiger partial charge in [0.2, 0.25) is 0 Å². The molecule has 3 aliphatic carbocycles. The maximum Gasteiger partial charge on any atom is 0.0291 e. The smallest absolute Gasteiger partial charge is 0.0291 e. The van der Waals surface area contributed by atoms with Crippen LogP contribution in [0.1, 0.15) is 51.6 Å². The Kier molecular flexibility index (Phi) is 3.72. The average molecular weight is 269 g/mol. The molecule has 0 amide bonds. The Morgan fingerprint density at radius 2 is 2.00 bits per heavy atom. The molecular formula is C19H27N. The van der Waals surface area contributed by atoms with Crippen molar-refractivity contribution in [2.75, 3.05) is 6.54 Å². The average Bonchev–Trinajstić information content (AvgIpc) is 2.48. The molecule has 0 unspecified atom stereocenters. The zero-order valence-corrected chi connectivity index (χ0v) is 13.0. The van der Waals surface area contributed by atoms with E-state index in [9.17, 15) is 0 Å². The summed E-state index contributed by atoms with van der Waals surface area (Å²) in [6, 6.07) is 11.2. The molecule has 1 saturated carbocycles. The van der Waals surface area contributed by atoms with Gasteiger partial charge in [-0.1, -0.05) is 55.8 Å². The van der Waals surface area contributed by atoms with Crippen molar-refractivity contribution in [1.29, 1.82) is 0 Å². The third kappa shape index (κ3) is 2.44. The molecule has 1 aromatic rings. The van der Waals surface area contributed by atoms with Gasteiger partial charge in [0.15, 0.2) is 0 Å². The van der Waals surface area contributed by atoms with E-state index < -0.39 is 0 Å². The molecule has 0 spiro atoms. The van der Waals surface area contributed by atoms with Gasteiger partial charge in [-0.25, -0.2) is 0 Å². The molecule has 0 radical (unpaired) electrons. The summed E-state index contributed by atoms with van der Waals surface area (Å²) in [5.74, 6) is 1.81. The largest absolute Gasteiger partial charge is 0.310 e. The molecule has 1 nitrogen and oxygen atoms in total. The van der Waals surface area contributed by atoms with Crippen molar-refractivity contribution in [1.82, 2.24) is 5.32 Å². The summed E-state index contributed by atoms with van der Waals surface area (Å²) in [5, 5.41) is 3.67. The van der Waals surface area contributed by atoms with Crippen LogP contribution in [0.3, 0.4) is 0 Å². The molecule has 0 aromatic heterocycles. The number of nitrogens with one attached hydrogen (secondary N) is 1. The van der Waals surface area contributed by atoms with Crippen LogP contribution < -0.4 is 5.32 Å². The molecule has 1 aromatic carbocycles. The molecule has 0 heterocycles. The zero-order chi connectivity index (χ0) is 14.2. The molecule has 1 fully saturated rings. The van der Waals surface area contributed by atoms with Gasteiger partial charge >= 0.3 is 0 Å². The SMILES string of the molecule is C[C@@H](NCCC1=CC[C@H]2C[C@@H]1C2(C)C)c1ccccc1. The lowest BCUT2D eigenvalue weighted by Gasteiger charge is -2.56. The first-order valence-electron chi connectivity index (χ1n) is 8.06. The van der Waals surface area contributed by atoms with Crippen LogP contribution in [0, 0.1) is 17.3 Å². The van der Waals surface area contributed by atoms with E-state index in [1.807, 2.05) is 0 Å². The maximum absolute atomic E-state index is 3.67. The highest BCUT2D eigenvalue weighted by atomic mass is 14.9. The van der Waals surface area contributed by atoms with Crippen LogP contribution in [-0.4, -0.2) is 6.54 Å². The number of fused-ring (bicyclic) bond motifs is 1.